The van der Waals surface area contributed by atoms with Gasteiger partial charge in [-0.05, 0) is 30.5 Å². The molecular weight excluding hydrogens is 264 g/mol. The third-order valence-electron chi connectivity index (χ3n) is 3.37. The maximum Gasteiger partial charge on any atom is 0.189 e. The molecule has 0 bridgehead atoms. The number of aryl methyl sites for hydroxylation is 2. The second-order valence-corrected chi connectivity index (χ2v) is 4.86. The van der Waals surface area contributed by atoms with Crippen LogP contribution < -0.4 is 4.74 Å². The van der Waals surface area contributed by atoms with Gasteiger partial charge in [-0.3, -0.25) is 0 Å². The van der Waals surface area contributed by atoms with Crippen molar-refractivity contribution >= 4 is 0 Å². The van der Waals surface area contributed by atoms with Crippen molar-refractivity contribution in [2.24, 2.45) is 0 Å². The molecule has 1 aromatic heterocycles. The van der Waals surface area contributed by atoms with Crippen LogP contribution in [0.2, 0.25) is 0 Å². The summed E-state index contributed by atoms with van der Waals surface area (Å²) in [6.07, 6.45) is 3.08. The first-order chi connectivity index (χ1) is 10.3. The van der Waals surface area contributed by atoms with Gasteiger partial charge in [0.1, 0.15) is 24.1 Å². The lowest BCUT2D eigenvalue weighted by molar-refractivity contribution is 0.290. The summed E-state index contributed by atoms with van der Waals surface area (Å²) < 4.78 is 7.53. The van der Waals surface area contributed by atoms with Crippen molar-refractivity contribution in [1.29, 1.82) is 5.26 Å². The lowest BCUT2D eigenvalue weighted by Gasteiger charge is -2.09. The van der Waals surface area contributed by atoms with Gasteiger partial charge >= 0.3 is 0 Å². The van der Waals surface area contributed by atoms with Crippen LogP contribution in [0.15, 0.2) is 24.3 Å². The molecule has 0 amide bonds. The topological polar surface area (TPSA) is 63.7 Å². The van der Waals surface area contributed by atoms with E-state index in [1.54, 1.807) is 4.68 Å². The molecule has 0 aliphatic rings. The molecule has 2 rings (SSSR count). The van der Waals surface area contributed by atoms with Crippen molar-refractivity contribution < 1.29 is 4.74 Å². The third-order valence-corrected chi connectivity index (χ3v) is 3.37. The van der Waals surface area contributed by atoms with Gasteiger partial charge < -0.3 is 4.74 Å². The highest BCUT2D eigenvalue weighted by atomic mass is 16.5. The number of unbranched alkanes of at least 4 members (excludes halogenated alkanes) is 1. The Morgan fingerprint density at radius 1 is 1.24 bits per heavy atom. The summed E-state index contributed by atoms with van der Waals surface area (Å²) >= 11 is 0. The van der Waals surface area contributed by atoms with E-state index in [2.05, 4.69) is 30.2 Å². The summed E-state index contributed by atoms with van der Waals surface area (Å²) in [5.41, 5.74) is 2.36. The Morgan fingerprint density at radius 3 is 2.62 bits per heavy atom. The monoisotopic (exact) mass is 284 g/mol. The first-order valence-corrected chi connectivity index (χ1v) is 7.32. The Morgan fingerprint density at radius 2 is 2.00 bits per heavy atom. The third kappa shape index (κ3) is 3.82. The van der Waals surface area contributed by atoms with Crippen molar-refractivity contribution in [2.75, 3.05) is 0 Å². The van der Waals surface area contributed by atoms with Crippen LogP contribution in [0.4, 0.5) is 0 Å². The molecule has 110 valence electrons. The van der Waals surface area contributed by atoms with E-state index in [0.29, 0.717) is 12.3 Å². The first kappa shape index (κ1) is 15.0. The maximum absolute atomic E-state index is 9.10. The van der Waals surface area contributed by atoms with Gasteiger partial charge in [0, 0.05) is 6.54 Å². The van der Waals surface area contributed by atoms with E-state index < -0.39 is 0 Å². The van der Waals surface area contributed by atoms with Crippen LogP contribution >= 0.6 is 0 Å². The predicted octanol–water partition coefficient (Wildman–Crippen LogP) is 3.09. The molecule has 1 heterocycles. The lowest BCUT2D eigenvalue weighted by atomic mass is 10.2. The number of aromatic nitrogens is 3. The number of benzene rings is 1. The maximum atomic E-state index is 9.10. The molecule has 21 heavy (non-hydrogen) atoms. The van der Waals surface area contributed by atoms with E-state index in [1.807, 2.05) is 24.3 Å². The van der Waals surface area contributed by atoms with E-state index in [1.165, 1.54) is 5.56 Å². The molecule has 0 spiro atoms. The van der Waals surface area contributed by atoms with Gasteiger partial charge in [-0.2, -0.15) is 5.26 Å². The fourth-order valence-electron chi connectivity index (χ4n) is 2.02. The Bertz CT molecular complexity index is 610. The minimum Gasteiger partial charge on any atom is -0.487 e. The molecule has 0 N–H and O–H groups in total. The quantitative estimate of drug-likeness (QED) is 0.783. The molecule has 0 unspecified atom stereocenters. The highest BCUT2D eigenvalue weighted by Crippen LogP contribution is 2.15. The number of hydrogen-bond donors (Lipinski definition) is 0. The largest absolute Gasteiger partial charge is 0.487 e. The molecule has 1 aromatic carbocycles. The van der Waals surface area contributed by atoms with Gasteiger partial charge in [0.25, 0.3) is 0 Å². The molecule has 2 aromatic rings. The fraction of sp³-hybridized carbons (Fsp3) is 0.438. The van der Waals surface area contributed by atoms with Crippen molar-refractivity contribution in [3.8, 4) is 11.8 Å². The molecule has 0 saturated heterocycles. The second-order valence-electron chi connectivity index (χ2n) is 4.86. The molecule has 0 fully saturated rings. The van der Waals surface area contributed by atoms with Crippen LogP contribution in [0.1, 0.15) is 43.6 Å². The molecule has 0 radical (unpaired) electrons. The zero-order valence-corrected chi connectivity index (χ0v) is 12.5. The first-order valence-electron chi connectivity index (χ1n) is 7.32. The van der Waals surface area contributed by atoms with Crippen LogP contribution in [0.25, 0.3) is 0 Å². The molecule has 5 nitrogen and oxygen atoms in total. The van der Waals surface area contributed by atoms with Crippen molar-refractivity contribution in [1.82, 2.24) is 15.0 Å². The van der Waals surface area contributed by atoms with Gasteiger partial charge in [0.05, 0.1) is 0 Å². The zero-order valence-electron chi connectivity index (χ0n) is 12.5. The summed E-state index contributed by atoms with van der Waals surface area (Å²) in [5, 5.41) is 17.0. The lowest BCUT2D eigenvalue weighted by Crippen LogP contribution is -2.09. The van der Waals surface area contributed by atoms with Crippen molar-refractivity contribution in [3.05, 3.63) is 41.2 Å². The van der Waals surface area contributed by atoms with E-state index in [9.17, 15) is 0 Å². The van der Waals surface area contributed by atoms with Crippen molar-refractivity contribution in [3.63, 3.8) is 0 Å². The minimum atomic E-state index is 0.311. The van der Waals surface area contributed by atoms with Crippen LogP contribution in [0.5, 0.6) is 5.75 Å². The van der Waals surface area contributed by atoms with E-state index in [-0.39, 0.29) is 0 Å². The van der Waals surface area contributed by atoms with Crippen LogP contribution in [0.3, 0.4) is 0 Å². The standard InChI is InChI=1S/C16H20N4O/c1-3-5-10-20-16(15(11-17)18-19-20)12-21-14-8-6-13(4-2)7-9-14/h6-9H,3-5,10,12H2,1-2H3. The van der Waals surface area contributed by atoms with Gasteiger partial charge in [-0.1, -0.05) is 37.6 Å². The minimum absolute atomic E-state index is 0.311. The Hall–Kier alpha value is -2.35. The molecule has 0 aliphatic carbocycles. The highest BCUT2D eigenvalue weighted by molar-refractivity contribution is 5.28. The normalized spacial score (nSPS) is 10.3. The number of nitrogens with zero attached hydrogens (tertiary/aromatic N) is 4. The number of nitriles is 1. The smallest absolute Gasteiger partial charge is 0.189 e. The number of hydrogen-bond acceptors (Lipinski definition) is 4. The number of ether oxygens (including phenoxy) is 1. The summed E-state index contributed by atoms with van der Waals surface area (Å²) in [7, 11) is 0. The van der Waals surface area contributed by atoms with Gasteiger partial charge in [-0.25, -0.2) is 4.68 Å². The van der Waals surface area contributed by atoms with Gasteiger partial charge in [0.2, 0.25) is 0 Å². The highest BCUT2D eigenvalue weighted by Gasteiger charge is 2.13. The average Bonchev–Trinajstić information content (AvgIpc) is 2.93. The van der Waals surface area contributed by atoms with E-state index >= 15 is 0 Å². The van der Waals surface area contributed by atoms with Crippen LogP contribution in [-0.2, 0) is 19.6 Å². The van der Waals surface area contributed by atoms with Gasteiger partial charge in [0.15, 0.2) is 5.69 Å². The molecule has 0 atom stereocenters. The number of rotatable bonds is 7. The van der Waals surface area contributed by atoms with Crippen LogP contribution in [-0.4, -0.2) is 15.0 Å². The predicted molar refractivity (Wildman–Crippen MR) is 79.8 cm³/mol. The zero-order chi connectivity index (χ0) is 15.1. The Kier molecular flexibility index (Phi) is 5.33. The Balaban J connectivity index is 2.07. The summed E-state index contributed by atoms with van der Waals surface area (Å²) in [4.78, 5) is 0. The summed E-state index contributed by atoms with van der Waals surface area (Å²) in [6, 6.07) is 10.1. The van der Waals surface area contributed by atoms with E-state index in [0.717, 1.165) is 37.3 Å². The molecule has 5 heteroatoms. The van der Waals surface area contributed by atoms with E-state index in [4.69, 9.17) is 10.00 Å². The second kappa shape index (κ2) is 7.44. The fourth-order valence-corrected chi connectivity index (χ4v) is 2.02. The van der Waals surface area contributed by atoms with Crippen LogP contribution in [0, 0.1) is 11.3 Å². The summed E-state index contributed by atoms with van der Waals surface area (Å²) in [6.45, 7) is 5.31. The van der Waals surface area contributed by atoms with Crippen molar-refractivity contribution in [2.45, 2.75) is 46.3 Å². The molecule has 0 saturated carbocycles. The molecule has 0 aliphatic heterocycles. The van der Waals surface area contributed by atoms with Gasteiger partial charge in [-0.15, -0.1) is 5.10 Å². The SMILES string of the molecule is CCCCn1nnc(C#N)c1COc1ccc(CC)cc1. The average molecular weight is 284 g/mol. The molecular formula is C16H20N4O. The summed E-state index contributed by atoms with van der Waals surface area (Å²) in [5.74, 6) is 0.791. The Labute approximate surface area is 125 Å².